The number of carbonyl (C=O) groups excluding carboxylic acids is 4. The van der Waals surface area contributed by atoms with Gasteiger partial charge in [0.1, 0.15) is 19.3 Å². The molecule has 17 nitrogen and oxygen atoms in total. The molecule has 0 aliphatic heterocycles. The number of ether oxygens (including phenoxy) is 4. The molecule has 0 saturated heterocycles. The summed E-state index contributed by atoms with van der Waals surface area (Å²) < 4.78 is 68.5. The molecule has 0 spiro atoms. The summed E-state index contributed by atoms with van der Waals surface area (Å²) in [7, 11) is -9.91. The molecule has 0 aliphatic carbocycles. The summed E-state index contributed by atoms with van der Waals surface area (Å²) in [5.41, 5.74) is 0. The van der Waals surface area contributed by atoms with Crippen molar-refractivity contribution in [2.24, 2.45) is 17.8 Å². The van der Waals surface area contributed by atoms with E-state index in [1.165, 1.54) is 186 Å². The van der Waals surface area contributed by atoms with E-state index in [0.717, 1.165) is 108 Å². The molecule has 0 aromatic rings. The second kappa shape index (κ2) is 64.7. The molecule has 552 valence electrons. The fraction of sp³-hybridized carbons (Fsp3) is 0.946. The van der Waals surface area contributed by atoms with E-state index in [1.807, 2.05) is 0 Å². The molecule has 0 aromatic carbocycles. The third-order valence-electron chi connectivity index (χ3n) is 17.9. The van der Waals surface area contributed by atoms with E-state index >= 15 is 0 Å². The number of phosphoric acid groups is 2. The van der Waals surface area contributed by atoms with Crippen LogP contribution in [0.4, 0.5) is 0 Å². The molecule has 0 aliphatic rings. The van der Waals surface area contributed by atoms with Gasteiger partial charge in [-0.25, -0.2) is 9.13 Å². The predicted molar refractivity (Wildman–Crippen MR) is 377 cm³/mol. The van der Waals surface area contributed by atoms with Gasteiger partial charge < -0.3 is 33.8 Å². The van der Waals surface area contributed by atoms with Gasteiger partial charge in [-0.1, -0.05) is 325 Å². The number of aliphatic hydroxyl groups excluding tert-OH is 1. The van der Waals surface area contributed by atoms with Crippen LogP contribution in [0.5, 0.6) is 0 Å². The second-order valence-corrected chi connectivity index (χ2v) is 30.6. The standard InChI is InChI=1S/C74H144O17P2/c1-8-11-12-13-14-15-16-17-18-19-26-34-41-48-55-71(76)84-61-69(90-74(79)58-51-44-37-28-23-21-25-32-39-46-53-66(6)9-2)63-88-92(80,81)86-59-68(75)60-87-93(82,83)89-64-70(62-85-72(77)56-49-42-35-30-29-33-40-47-54-67(7)10-3)91-73(78)57-50-43-36-27-22-20-24-31-38-45-52-65(4)5/h65-70,75H,8-64H2,1-7H3,(H,80,81)(H,82,83)/t66?,67?,68-,69-,70-/m1/s1. The third kappa shape index (κ3) is 65.8. The largest absolute Gasteiger partial charge is 0.472 e. The molecule has 7 atom stereocenters. The highest BCUT2D eigenvalue weighted by molar-refractivity contribution is 7.47. The fourth-order valence-electron chi connectivity index (χ4n) is 11.2. The van der Waals surface area contributed by atoms with Crippen LogP contribution in [0.2, 0.25) is 0 Å². The van der Waals surface area contributed by atoms with Crippen LogP contribution in [-0.4, -0.2) is 96.7 Å². The molecule has 0 saturated carbocycles. The van der Waals surface area contributed by atoms with E-state index in [2.05, 4.69) is 48.5 Å². The summed E-state index contributed by atoms with van der Waals surface area (Å²) in [5, 5.41) is 10.6. The Bertz CT molecular complexity index is 1820. The first kappa shape index (κ1) is 91.1. The minimum Gasteiger partial charge on any atom is -0.462 e. The van der Waals surface area contributed by atoms with Crippen molar-refractivity contribution in [2.75, 3.05) is 39.6 Å². The van der Waals surface area contributed by atoms with Crippen LogP contribution in [0, 0.1) is 17.8 Å². The first-order valence-electron chi connectivity index (χ1n) is 38.4. The highest BCUT2D eigenvalue weighted by Gasteiger charge is 2.30. The van der Waals surface area contributed by atoms with Crippen LogP contribution in [0.1, 0.15) is 376 Å². The van der Waals surface area contributed by atoms with Crippen molar-refractivity contribution in [1.29, 1.82) is 0 Å². The Morgan fingerprint density at radius 2 is 0.548 bits per heavy atom. The van der Waals surface area contributed by atoms with Crippen molar-refractivity contribution in [3.63, 3.8) is 0 Å². The van der Waals surface area contributed by atoms with Gasteiger partial charge in [0.25, 0.3) is 0 Å². The van der Waals surface area contributed by atoms with E-state index in [-0.39, 0.29) is 25.7 Å². The van der Waals surface area contributed by atoms with Crippen molar-refractivity contribution in [3.05, 3.63) is 0 Å². The summed E-state index contributed by atoms with van der Waals surface area (Å²) in [6.07, 6.45) is 49.7. The molecule has 0 rings (SSSR count). The van der Waals surface area contributed by atoms with Crippen molar-refractivity contribution in [3.8, 4) is 0 Å². The number of rotatable bonds is 72. The average Bonchev–Trinajstić information content (AvgIpc) is 3.21. The number of phosphoric ester groups is 2. The smallest absolute Gasteiger partial charge is 0.462 e. The Morgan fingerprint density at radius 1 is 0.312 bits per heavy atom. The SMILES string of the molecule is CCCCCCCCCCCCCCCCC(=O)OC[C@H](COP(=O)(O)OC[C@@H](O)COP(=O)(O)OC[C@@H](COC(=O)CCCCCCCCCCC(C)CC)OC(=O)CCCCCCCCCCCCC(C)C)OC(=O)CCCCCCCCCCCCC(C)CC. The lowest BCUT2D eigenvalue weighted by Gasteiger charge is -2.21. The minimum absolute atomic E-state index is 0.105. The van der Waals surface area contributed by atoms with Gasteiger partial charge in [0.15, 0.2) is 12.2 Å². The molecule has 0 aromatic heterocycles. The fourth-order valence-corrected chi connectivity index (χ4v) is 12.8. The molecule has 0 radical (unpaired) electrons. The maximum absolute atomic E-state index is 13.1. The zero-order chi connectivity index (χ0) is 68.7. The zero-order valence-corrected chi connectivity index (χ0v) is 62.5. The van der Waals surface area contributed by atoms with Gasteiger partial charge in [0.2, 0.25) is 0 Å². The first-order chi connectivity index (χ1) is 44.8. The van der Waals surface area contributed by atoms with Crippen LogP contribution in [0.25, 0.3) is 0 Å². The number of esters is 4. The van der Waals surface area contributed by atoms with Gasteiger partial charge in [-0.15, -0.1) is 0 Å². The molecule has 4 unspecified atom stereocenters. The third-order valence-corrected chi connectivity index (χ3v) is 19.8. The lowest BCUT2D eigenvalue weighted by Crippen LogP contribution is -2.30. The van der Waals surface area contributed by atoms with E-state index in [9.17, 15) is 43.2 Å². The Kier molecular flexibility index (Phi) is 63.4. The maximum atomic E-state index is 13.1. The number of aliphatic hydroxyl groups is 1. The summed E-state index contributed by atoms with van der Waals surface area (Å²) in [6, 6.07) is 0. The Hall–Kier alpha value is -1.94. The molecule has 19 heteroatoms. The highest BCUT2D eigenvalue weighted by Crippen LogP contribution is 2.45. The van der Waals surface area contributed by atoms with Crippen molar-refractivity contribution >= 4 is 39.5 Å². The normalized spacial score (nSPS) is 14.7. The molecular weight excluding hydrogens is 1220 g/mol. The monoisotopic (exact) mass is 1370 g/mol. The van der Waals surface area contributed by atoms with Crippen molar-refractivity contribution in [2.45, 2.75) is 394 Å². The van der Waals surface area contributed by atoms with E-state index in [4.69, 9.17) is 37.0 Å². The quantitative estimate of drug-likeness (QED) is 0.0222. The van der Waals surface area contributed by atoms with Crippen molar-refractivity contribution < 1.29 is 80.2 Å². The molecule has 0 bridgehead atoms. The van der Waals surface area contributed by atoms with Gasteiger partial charge in [-0.3, -0.25) is 37.3 Å². The summed E-state index contributed by atoms with van der Waals surface area (Å²) in [6.45, 7) is 11.9. The lowest BCUT2D eigenvalue weighted by atomic mass is 9.99. The molecule has 0 heterocycles. The predicted octanol–water partition coefficient (Wildman–Crippen LogP) is 21.4. The van der Waals surface area contributed by atoms with E-state index in [0.29, 0.717) is 25.7 Å². The van der Waals surface area contributed by atoms with Crippen LogP contribution in [-0.2, 0) is 65.4 Å². The van der Waals surface area contributed by atoms with Gasteiger partial charge in [0, 0.05) is 25.7 Å². The Balaban J connectivity index is 5.28. The number of hydrogen-bond donors (Lipinski definition) is 3. The first-order valence-corrected chi connectivity index (χ1v) is 41.4. The molecule has 93 heavy (non-hydrogen) atoms. The van der Waals surface area contributed by atoms with Gasteiger partial charge >= 0.3 is 39.5 Å². The van der Waals surface area contributed by atoms with Gasteiger partial charge in [0.05, 0.1) is 26.4 Å². The Morgan fingerprint density at radius 3 is 0.817 bits per heavy atom. The topological polar surface area (TPSA) is 237 Å². The summed E-state index contributed by atoms with van der Waals surface area (Å²) in [4.78, 5) is 72.8. The lowest BCUT2D eigenvalue weighted by molar-refractivity contribution is -0.161. The highest BCUT2D eigenvalue weighted by atomic mass is 31.2. The maximum Gasteiger partial charge on any atom is 0.472 e. The summed E-state index contributed by atoms with van der Waals surface area (Å²) >= 11 is 0. The molecule has 0 amide bonds. The van der Waals surface area contributed by atoms with E-state index < -0.39 is 97.5 Å². The van der Waals surface area contributed by atoms with Crippen LogP contribution in [0.15, 0.2) is 0 Å². The second-order valence-electron chi connectivity index (χ2n) is 27.6. The number of hydrogen-bond acceptors (Lipinski definition) is 15. The molecule has 0 fully saturated rings. The molecular formula is C74H144O17P2. The molecule has 3 N–H and O–H groups in total. The van der Waals surface area contributed by atoms with Gasteiger partial charge in [-0.05, 0) is 43.4 Å². The van der Waals surface area contributed by atoms with Crippen LogP contribution < -0.4 is 0 Å². The zero-order valence-electron chi connectivity index (χ0n) is 60.7. The van der Waals surface area contributed by atoms with E-state index in [1.54, 1.807) is 0 Å². The van der Waals surface area contributed by atoms with Crippen LogP contribution in [0.3, 0.4) is 0 Å². The summed E-state index contributed by atoms with van der Waals surface area (Å²) in [5.74, 6) is 0.213. The number of carbonyl (C=O) groups is 4. The van der Waals surface area contributed by atoms with Crippen molar-refractivity contribution in [1.82, 2.24) is 0 Å². The van der Waals surface area contributed by atoms with Crippen LogP contribution >= 0.6 is 15.6 Å². The van der Waals surface area contributed by atoms with Gasteiger partial charge in [-0.2, -0.15) is 0 Å². The minimum atomic E-state index is -4.96. The average molecular weight is 1370 g/mol. The number of unbranched alkanes of at least 4 members (excludes halogenated alkanes) is 38. The Labute approximate surface area is 568 Å².